The van der Waals surface area contributed by atoms with Crippen molar-refractivity contribution in [3.63, 3.8) is 0 Å². The largest absolute Gasteiger partial charge is 0.351 e. The molecule has 29 heavy (non-hydrogen) atoms. The molecule has 3 aromatic rings. The molecule has 2 aliphatic heterocycles. The van der Waals surface area contributed by atoms with Gasteiger partial charge in [-0.3, -0.25) is 14.3 Å². The summed E-state index contributed by atoms with van der Waals surface area (Å²) in [5, 5.41) is 5.17. The zero-order valence-corrected chi connectivity index (χ0v) is 15.6. The second kappa shape index (κ2) is 6.40. The van der Waals surface area contributed by atoms with Crippen molar-refractivity contribution in [1.82, 2.24) is 24.6 Å². The van der Waals surface area contributed by atoms with Gasteiger partial charge >= 0.3 is 0 Å². The van der Waals surface area contributed by atoms with E-state index >= 15 is 0 Å². The van der Waals surface area contributed by atoms with Crippen LogP contribution in [0.5, 0.6) is 0 Å². The van der Waals surface area contributed by atoms with Crippen molar-refractivity contribution in [3.05, 3.63) is 53.5 Å². The Morgan fingerprint density at radius 3 is 2.66 bits per heavy atom. The van der Waals surface area contributed by atoms with Crippen LogP contribution in [0.15, 0.2) is 36.5 Å². The van der Waals surface area contributed by atoms with Gasteiger partial charge in [-0.15, -0.1) is 0 Å². The number of likely N-dealkylation sites (tertiary alicyclic amines) is 1. The Morgan fingerprint density at radius 2 is 1.90 bits per heavy atom. The molecule has 1 fully saturated rings. The van der Waals surface area contributed by atoms with E-state index in [2.05, 4.69) is 10.1 Å². The molecule has 0 unspecified atom stereocenters. The Bertz CT molecular complexity index is 1090. The molecule has 1 aromatic carbocycles. The van der Waals surface area contributed by atoms with Crippen LogP contribution < -0.4 is 0 Å². The number of nitrogens with one attached hydrogen (secondary N) is 1. The highest BCUT2D eigenvalue weighted by atomic mass is 19.3. The summed E-state index contributed by atoms with van der Waals surface area (Å²) < 4.78 is 28.7. The van der Waals surface area contributed by atoms with E-state index in [1.807, 2.05) is 30.3 Å². The lowest BCUT2D eigenvalue weighted by molar-refractivity contribution is 0.0120. The summed E-state index contributed by atoms with van der Waals surface area (Å²) in [5.74, 6) is -3.47. The van der Waals surface area contributed by atoms with Gasteiger partial charge in [-0.25, -0.2) is 8.78 Å². The van der Waals surface area contributed by atoms with Crippen molar-refractivity contribution in [3.8, 4) is 0 Å². The van der Waals surface area contributed by atoms with E-state index in [0.29, 0.717) is 24.5 Å². The SMILES string of the molecule is O=C(c1cc2ccccc2[nH]1)N1CCn2ncc(C(=O)N3CCC(F)(F)C3)c2C1. The lowest BCUT2D eigenvalue weighted by Gasteiger charge is -2.28. The van der Waals surface area contributed by atoms with Gasteiger partial charge in [0.25, 0.3) is 17.7 Å². The molecule has 0 saturated carbocycles. The highest BCUT2D eigenvalue weighted by molar-refractivity contribution is 5.99. The van der Waals surface area contributed by atoms with Crippen molar-refractivity contribution < 1.29 is 18.4 Å². The molecule has 5 rings (SSSR count). The topological polar surface area (TPSA) is 74.2 Å². The van der Waals surface area contributed by atoms with Gasteiger partial charge in [0.1, 0.15) is 5.69 Å². The monoisotopic (exact) mass is 399 g/mol. The van der Waals surface area contributed by atoms with Gasteiger partial charge in [0, 0.05) is 30.4 Å². The number of hydrogen-bond donors (Lipinski definition) is 1. The van der Waals surface area contributed by atoms with Crippen LogP contribution in [0.4, 0.5) is 8.78 Å². The normalized spacial score (nSPS) is 18.3. The van der Waals surface area contributed by atoms with Crippen LogP contribution >= 0.6 is 0 Å². The van der Waals surface area contributed by atoms with Crippen molar-refractivity contribution in [2.75, 3.05) is 19.6 Å². The molecule has 0 radical (unpaired) electrons. The molecule has 4 heterocycles. The Balaban J connectivity index is 1.38. The number of halogens is 2. The number of aromatic amines is 1. The van der Waals surface area contributed by atoms with E-state index in [1.54, 1.807) is 9.58 Å². The quantitative estimate of drug-likeness (QED) is 0.720. The maximum Gasteiger partial charge on any atom is 0.270 e. The van der Waals surface area contributed by atoms with Gasteiger partial charge in [0.2, 0.25) is 0 Å². The van der Waals surface area contributed by atoms with Crippen LogP contribution in [0.1, 0.15) is 33.0 Å². The minimum absolute atomic E-state index is 0.0220. The van der Waals surface area contributed by atoms with Crippen molar-refractivity contribution in [2.45, 2.75) is 25.4 Å². The second-order valence-corrected chi connectivity index (χ2v) is 7.56. The number of para-hydroxylation sites is 1. The summed E-state index contributed by atoms with van der Waals surface area (Å²) >= 11 is 0. The fraction of sp³-hybridized carbons (Fsp3) is 0.350. The Hall–Kier alpha value is -3.23. The maximum atomic E-state index is 13.5. The first kappa shape index (κ1) is 17.8. The predicted octanol–water partition coefficient (Wildman–Crippen LogP) is 2.50. The fourth-order valence-corrected chi connectivity index (χ4v) is 4.04. The Kier molecular flexibility index (Phi) is 3.94. The first-order valence-electron chi connectivity index (χ1n) is 9.50. The zero-order chi connectivity index (χ0) is 20.2. The molecular weight excluding hydrogens is 380 g/mol. The molecule has 7 nitrogen and oxygen atoms in total. The molecule has 1 saturated heterocycles. The van der Waals surface area contributed by atoms with Crippen molar-refractivity contribution >= 4 is 22.7 Å². The molecule has 0 atom stereocenters. The molecule has 2 amide bonds. The van der Waals surface area contributed by atoms with E-state index in [0.717, 1.165) is 15.8 Å². The number of alkyl halides is 2. The van der Waals surface area contributed by atoms with Gasteiger partial charge in [0.05, 0.1) is 37.1 Å². The number of carbonyl (C=O) groups excluding carboxylic acids is 2. The average molecular weight is 399 g/mol. The number of carbonyl (C=O) groups is 2. The van der Waals surface area contributed by atoms with Crippen LogP contribution in [0, 0.1) is 0 Å². The Labute approximate surface area is 164 Å². The molecule has 150 valence electrons. The van der Waals surface area contributed by atoms with E-state index in [4.69, 9.17) is 0 Å². The van der Waals surface area contributed by atoms with Crippen LogP contribution in [0.25, 0.3) is 10.9 Å². The number of aromatic nitrogens is 3. The standard InChI is InChI=1S/C20H19F2N5O2/c21-20(22)5-6-26(12-20)18(28)14-10-23-27-8-7-25(11-17(14)27)19(29)16-9-13-3-1-2-4-15(13)24-16/h1-4,9-10,24H,5-8,11-12H2. The van der Waals surface area contributed by atoms with E-state index in [-0.39, 0.29) is 31.0 Å². The minimum atomic E-state index is -2.85. The highest BCUT2D eigenvalue weighted by Gasteiger charge is 2.41. The summed E-state index contributed by atoms with van der Waals surface area (Å²) in [5.41, 5.74) is 2.23. The molecule has 0 spiro atoms. The lowest BCUT2D eigenvalue weighted by atomic mass is 10.1. The number of benzene rings is 1. The van der Waals surface area contributed by atoms with Gasteiger partial charge in [-0.05, 0) is 12.1 Å². The fourth-order valence-electron chi connectivity index (χ4n) is 4.04. The summed E-state index contributed by atoms with van der Waals surface area (Å²) in [6.07, 6.45) is 1.10. The van der Waals surface area contributed by atoms with Crippen LogP contribution in [0.3, 0.4) is 0 Å². The number of amides is 2. The summed E-state index contributed by atoms with van der Waals surface area (Å²) in [6, 6.07) is 9.44. The number of nitrogens with zero attached hydrogens (tertiary/aromatic N) is 4. The molecule has 2 aliphatic rings. The van der Waals surface area contributed by atoms with E-state index in [9.17, 15) is 18.4 Å². The third-order valence-electron chi connectivity index (χ3n) is 5.61. The molecule has 0 bridgehead atoms. The molecule has 1 N–H and O–H groups in total. The maximum absolute atomic E-state index is 13.5. The number of rotatable bonds is 2. The van der Waals surface area contributed by atoms with Crippen LogP contribution in [-0.2, 0) is 13.1 Å². The lowest BCUT2D eigenvalue weighted by Crippen LogP contribution is -2.40. The first-order valence-corrected chi connectivity index (χ1v) is 9.50. The van der Waals surface area contributed by atoms with E-state index in [1.165, 1.54) is 6.20 Å². The van der Waals surface area contributed by atoms with Crippen molar-refractivity contribution in [2.24, 2.45) is 0 Å². The second-order valence-electron chi connectivity index (χ2n) is 7.56. The van der Waals surface area contributed by atoms with Gasteiger partial charge in [0.15, 0.2) is 0 Å². The summed E-state index contributed by atoms with van der Waals surface area (Å²) in [6.45, 7) is 0.560. The molecule has 9 heteroatoms. The molecule has 2 aromatic heterocycles. The number of H-pyrrole nitrogens is 1. The third kappa shape index (κ3) is 3.06. The molecular formula is C20H19F2N5O2. The first-order chi connectivity index (χ1) is 13.9. The van der Waals surface area contributed by atoms with Gasteiger partial charge in [-0.1, -0.05) is 18.2 Å². The number of fused-ring (bicyclic) bond motifs is 2. The zero-order valence-electron chi connectivity index (χ0n) is 15.6. The smallest absolute Gasteiger partial charge is 0.270 e. The van der Waals surface area contributed by atoms with Gasteiger partial charge < -0.3 is 14.8 Å². The third-order valence-corrected chi connectivity index (χ3v) is 5.61. The average Bonchev–Trinajstić information content (AvgIpc) is 3.42. The number of hydrogen-bond acceptors (Lipinski definition) is 3. The minimum Gasteiger partial charge on any atom is -0.351 e. The van der Waals surface area contributed by atoms with Crippen LogP contribution in [0.2, 0.25) is 0 Å². The molecule has 0 aliphatic carbocycles. The predicted molar refractivity (Wildman–Crippen MR) is 101 cm³/mol. The summed E-state index contributed by atoms with van der Waals surface area (Å²) in [7, 11) is 0. The van der Waals surface area contributed by atoms with Crippen molar-refractivity contribution in [1.29, 1.82) is 0 Å². The van der Waals surface area contributed by atoms with E-state index < -0.39 is 18.4 Å². The Morgan fingerprint density at radius 1 is 1.07 bits per heavy atom. The highest BCUT2D eigenvalue weighted by Crippen LogP contribution is 2.29. The van der Waals surface area contributed by atoms with Crippen LogP contribution in [-0.4, -0.2) is 61.9 Å². The van der Waals surface area contributed by atoms with Gasteiger partial charge in [-0.2, -0.15) is 5.10 Å². The summed E-state index contributed by atoms with van der Waals surface area (Å²) in [4.78, 5) is 31.7.